The molecule has 0 amide bonds. The molecule has 0 aromatic carbocycles. The summed E-state index contributed by atoms with van der Waals surface area (Å²) in [4.78, 5) is 0. The highest BCUT2D eigenvalue weighted by Crippen LogP contribution is 2.23. The molecule has 90 valence electrons. The van der Waals surface area contributed by atoms with E-state index >= 15 is 0 Å². The molecule has 1 N–H and O–H groups in total. The van der Waals surface area contributed by atoms with Gasteiger partial charge in [0.2, 0.25) is 0 Å². The Balaban J connectivity index is 1.88. The van der Waals surface area contributed by atoms with Gasteiger partial charge in [-0.2, -0.15) is 11.8 Å². The lowest BCUT2D eigenvalue weighted by Crippen LogP contribution is -2.24. The Labute approximate surface area is 99.8 Å². The molecule has 15 heavy (non-hydrogen) atoms. The van der Waals surface area contributed by atoms with Crippen molar-refractivity contribution < 1.29 is 0 Å². The molecule has 0 radical (unpaired) electrons. The van der Waals surface area contributed by atoms with Gasteiger partial charge in [0.05, 0.1) is 0 Å². The Morgan fingerprint density at radius 3 is 2.47 bits per heavy atom. The van der Waals surface area contributed by atoms with Crippen molar-refractivity contribution in [1.29, 1.82) is 0 Å². The summed E-state index contributed by atoms with van der Waals surface area (Å²) in [6.07, 6.45) is 5.85. The van der Waals surface area contributed by atoms with Crippen molar-refractivity contribution in [3.05, 3.63) is 0 Å². The van der Waals surface area contributed by atoms with Gasteiger partial charge in [-0.25, -0.2) is 0 Å². The standard InChI is InChI=1S/C13H27NS/c1-11(2)12(3)15-9-8-14-10-13-6-4-5-7-13/h11-14H,4-10H2,1-3H3. The van der Waals surface area contributed by atoms with Crippen molar-refractivity contribution in [1.82, 2.24) is 5.32 Å². The van der Waals surface area contributed by atoms with Crippen molar-refractivity contribution in [3.63, 3.8) is 0 Å². The lowest BCUT2D eigenvalue weighted by atomic mass is 10.1. The Morgan fingerprint density at radius 1 is 1.20 bits per heavy atom. The molecule has 2 heteroatoms. The Kier molecular flexibility index (Phi) is 6.74. The van der Waals surface area contributed by atoms with Crippen LogP contribution in [0.5, 0.6) is 0 Å². The fraction of sp³-hybridized carbons (Fsp3) is 1.00. The van der Waals surface area contributed by atoms with E-state index in [-0.39, 0.29) is 0 Å². The minimum absolute atomic E-state index is 0.804. The Hall–Kier alpha value is 0.310. The summed E-state index contributed by atoms with van der Waals surface area (Å²) < 4.78 is 0. The van der Waals surface area contributed by atoms with Gasteiger partial charge in [-0.1, -0.05) is 33.6 Å². The summed E-state index contributed by atoms with van der Waals surface area (Å²) in [5, 5.41) is 4.40. The van der Waals surface area contributed by atoms with E-state index in [1.54, 1.807) is 0 Å². The molecule has 1 rings (SSSR count). The third-order valence-corrected chi connectivity index (χ3v) is 5.02. The van der Waals surface area contributed by atoms with Crippen molar-refractivity contribution in [2.24, 2.45) is 11.8 Å². The summed E-state index contributed by atoms with van der Waals surface area (Å²) in [6, 6.07) is 0. The summed E-state index contributed by atoms with van der Waals surface area (Å²) in [5.74, 6) is 3.06. The highest BCUT2D eigenvalue weighted by molar-refractivity contribution is 7.99. The molecule has 0 spiro atoms. The highest BCUT2D eigenvalue weighted by Gasteiger charge is 2.13. The molecule has 0 bridgehead atoms. The predicted molar refractivity (Wildman–Crippen MR) is 71.6 cm³/mol. The first kappa shape index (κ1) is 13.4. The van der Waals surface area contributed by atoms with Crippen LogP contribution < -0.4 is 5.32 Å². The van der Waals surface area contributed by atoms with Gasteiger partial charge >= 0.3 is 0 Å². The van der Waals surface area contributed by atoms with Crippen LogP contribution in [0.2, 0.25) is 0 Å². The monoisotopic (exact) mass is 229 g/mol. The average Bonchev–Trinajstić information content (AvgIpc) is 2.69. The maximum absolute atomic E-state index is 3.60. The molecule has 0 aliphatic heterocycles. The van der Waals surface area contributed by atoms with Crippen molar-refractivity contribution in [3.8, 4) is 0 Å². The fourth-order valence-electron chi connectivity index (χ4n) is 2.03. The van der Waals surface area contributed by atoms with Gasteiger partial charge in [-0.3, -0.25) is 0 Å². The van der Waals surface area contributed by atoms with Crippen LogP contribution in [-0.2, 0) is 0 Å². The maximum Gasteiger partial charge on any atom is 0.00608 e. The third-order valence-electron chi connectivity index (χ3n) is 3.51. The van der Waals surface area contributed by atoms with E-state index in [0.717, 1.165) is 17.1 Å². The van der Waals surface area contributed by atoms with Gasteiger partial charge < -0.3 is 5.32 Å². The van der Waals surface area contributed by atoms with Crippen LogP contribution in [0.3, 0.4) is 0 Å². The average molecular weight is 229 g/mol. The molecule has 1 fully saturated rings. The zero-order valence-electron chi connectivity index (χ0n) is 10.6. The molecule has 0 aromatic heterocycles. The molecule has 1 aliphatic rings. The molecular formula is C13H27NS. The molecule has 1 aliphatic carbocycles. The fourth-order valence-corrected chi connectivity index (χ4v) is 3.05. The van der Waals surface area contributed by atoms with Crippen LogP contribution in [0.4, 0.5) is 0 Å². The topological polar surface area (TPSA) is 12.0 Å². The zero-order valence-corrected chi connectivity index (χ0v) is 11.4. The summed E-state index contributed by atoms with van der Waals surface area (Å²) in [5.41, 5.74) is 0. The summed E-state index contributed by atoms with van der Waals surface area (Å²) in [6.45, 7) is 9.41. The first-order valence-corrected chi connectivity index (χ1v) is 7.57. The molecule has 1 atom stereocenters. The molecular weight excluding hydrogens is 202 g/mol. The zero-order chi connectivity index (χ0) is 11.1. The van der Waals surface area contributed by atoms with Crippen LogP contribution in [0.25, 0.3) is 0 Å². The van der Waals surface area contributed by atoms with Gasteiger partial charge in [-0.05, 0) is 31.2 Å². The first-order chi connectivity index (χ1) is 7.20. The van der Waals surface area contributed by atoms with E-state index < -0.39 is 0 Å². The van der Waals surface area contributed by atoms with E-state index in [4.69, 9.17) is 0 Å². The second-order valence-electron chi connectivity index (χ2n) is 5.17. The minimum atomic E-state index is 0.804. The molecule has 0 aromatic rings. The first-order valence-electron chi connectivity index (χ1n) is 6.52. The van der Waals surface area contributed by atoms with E-state index in [1.165, 1.54) is 44.5 Å². The summed E-state index contributed by atoms with van der Waals surface area (Å²) >= 11 is 2.10. The van der Waals surface area contributed by atoms with Crippen LogP contribution in [-0.4, -0.2) is 24.1 Å². The van der Waals surface area contributed by atoms with E-state index in [1.807, 2.05) is 0 Å². The normalized spacial score (nSPS) is 20.0. The molecule has 0 saturated heterocycles. The largest absolute Gasteiger partial charge is 0.316 e. The number of nitrogens with one attached hydrogen (secondary N) is 1. The van der Waals surface area contributed by atoms with E-state index in [9.17, 15) is 0 Å². The Morgan fingerprint density at radius 2 is 1.87 bits per heavy atom. The highest BCUT2D eigenvalue weighted by atomic mass is 32.2. The van der Waals surface area contributed by atoms with Gasteiger partial charge in [0.1, 0.15) is 0 Å². The minimum Gasteiger partial charge on any atom is -0.316 e. The van der Waals surface area contributed by atoms with Crippen molar-refractivity contribution in [2.75, 3.05) is 18.8 Å². The van der Waals surface area contributed by atoms with E-state index in [0.29, 0.717) is 0 Å². The van der Waals surface area contributed by atoms with Gasteiger partial charge in [0.15, 0.2) is 0 Å². The van der Waals surface area contributed by atoms with E-state index in [2.05, 4.69) is 37.8 Å². The predicted octanol–water partition coefficient (Wildman–Crippen LogP) is 3.54. The van der Waals surface area contributed by atoms with Crippen LogP contribution in [0, 0.1) is 11.8 Å². The second kappa shape index (κ2) is 7.56. The number of rotatable bonds is 7. The van der Waals surface area contributed by atoms with Crippen molar-refractivity contribution >= 4 is 11.8 Å². The maximum atomic E-state index is 3.60. The second-order valence-corrected chi connectivity index (χ2v) is 6.66. The number of hydrogen-bond acceptors (Lipinski definition) is 2. The van der Waals surface area contributed by atoms with Crippen LogP contribution in [0.1, 0.15) is 46.5 Å². The lowest BCUT2D eigenvalue weighted by molar-refractivity contribution is 0.499. The molecule has 1 saturated carbocycles. The van der Waals surface area contributed by atoms with Gasteiger partial charge in [-0.15, -0.1) is 0 Å². The third kappa shape index (κ3) is 5.82. The van der Waals surface area contributed by atoms with Gasteiger partial charge in [0, 0.05) is 17.5 Å². The molecule has 0 heterocycles. The molecule has 1 nitrogen and oxygen atoms in total. The lowest BCUT2D eigenvalue weighted by Gasteiger charge is -2.15. The number of thioether (sulfide) groups is 1. The Bertz CT molecular complexity index is 149. The van der Waals surface area contributed by atoms with Crippen LogP contribution in [0.15, 0.2) is 0 Å². The SMILES string of the molecule is CC(C)C(C)SCCNCC1CCCC1. The van der Waals surface area contributed by atoms with Crippen LogP contribution >= 0.6 is 11.8 Å². The molecule has 1 unspecified atom stereocenters. The summed E-state index contributed by atoms with van der Waals surface area (Å²) in [7, 11) is 0. The quantitative estimate of drug-likeness (QED) is 0.670. The smallest absolute Gasteiger partial charge is 0.00608 e. The number of hydrogen-bond donors (Lipinski definition) is 1. The van der Waals surface area contributed by atoms with Gasteiger partial charge in [0.25, 0.3) is 0 Å². The van der Waals surface area contributed by atoms with Crippen molar-refractivity contribution in [2.45, 2.75) is 51.7 Å².